The lowest BCUT2D eigenvalue weighted by Gasteiger charge is -2.15. The third kappa shape index (κ3) is 5.14. The van der Waals surface area contributed by atoms with Gasteiger partial charge < -0.3 is 4.74 Å². The molecular formula is C13H21OSi. The Morgan fingerprint density at radius 3 is 2.47 bits per heavy atom. The average molecular weight is 221 g/mol. The molecule has 0 amide bonds. The van der Waals surface area contributed by atoms with Gasteiger partial charge in [0, 0.05) is 14.7 Å². The van der Waals surface area contributed by atoms with Gasteiger partial charge in [-0.25, -0.2) is 0 Å². The quantitative estimate of drug-likeness (QED) is 0.544. The Hall–Kier alpha value is -0.603. The average Bonchev–Trinajstić information content (AvgIpc) is 2.13. The Bertz CT molecular complexity index is 302. The highest BCUT2D eigenvalue weighted by atomic mass is 28.3. The number of hydrogen-bond donors (Lipinski definition) is 0. The maximum Gasteiger partial charge on any atom is 0.0719 e. The van der Waals surface area contributed by atoms with Crippen LogP contribution in [-0.2, 0) is 11.3 Å². The maximum absolute atomic E-state index is 5.67. The molecule has 1 nitrogen and oxygen atoms in total. The van der Waals surface area contributed by atoms with Crippen LogP contribution in [0.1, 0.15) is 11.1 Å². The van der Waals surface area contributed by atoms with E-state index in [1.54, 1.807) is 0 Å². The van der Waals surface area contributed by atoms with E-state index in [9.17, 15) is 0 Å². The molecule has 1 rings (SSSR count). The molecule has 0 aromatic heterocycles. The van der Waals surface area contributed by atoms with E-state index in [4.69, 9.17) is 4.74 Å². The summed E-state index contributed by atoms with van der Waals surface area (Å²) in [6.07, 6.45) is 0. The van der Waals surface area contributed by atoms with Crippen molar-refractivity contribution in [3.05, 3.63) is 42.3 Å². The van der Waals surface area contributed by atoms with Crippen molar-refractivity contribution in [1.29, 1.82) is 0 Å². The van der Waals surface area contributed by atoms with Gasteiger partial charge in [0.15, 0.2) is 0 Å². The topological polar surface area (TPSA) is 9.23 Å². The lowest BCUT2D eigenvalue weighted by Crippen LogP contribution is -2.21. The van der Waals surface area contributed by atoms with Gasteiger partial charge in [-0.15, -0.1) is 0 Å². The fraction of sp³-hybridized carbons (Fsp3) is 0.462. The Morgan fingerprint density at radius 2 is 1.87 bits per heavy atom. The normalized spacial score (nSPS) is 11.7. The van der Waals surface area contributed by atoms with Crippen LogP contribution in [0.2, 0.25) is 25.7 Å². The van der Waals surface area contributed by atoms with E-state index in [1.165, 1.54) is 11.6 Å². The van der Waals surface area contributed by atoms with Crippen molar-refractivity contribution in [1.82, 2.24) is 0 Å². The first-order chi connectivity index (χ1) is 6.99. The SMILES string of the molecule is [CH2]c1ccccc1COCC[Si](C)(C)C. The van der Waals surface area contributed by atoms with Gasteiger partial charge in [-0.05, 0) is 24.1 Å². The Kier molecular flexibility index (Phi) is 4.55. The highest BCUT2D eigenvalue weighted by Crippen LogP contribution is 2.11. The van der Waals surface area contributed by atoms with E-state index in [-0.39, 0.29) is 0 Å². The molecule has 0 heterocycles. The van der Waals surface area contributed by atoms with Crippen LogP contribution in [0.3, 0.4) is 0 Å². The zero-order valence-electron chi connectivity index (χ0n) is 10.0. The van der Waals surface area contributed by atoms with Crippen LogP contribution in [0, 0.1) is 6.92 Å². The van der Waals surface area contributed by atoms with Crippen molar-refractivity contribution in [3.63, 3.8) is 0 Å². The van der Waals surface area contributed by atoms with E-state index in [1.807, 2.05) is 18.2 Å². The first kappa shape index (κ1) is 12.5. The first-order valence-electron chi connectivity index (χ1n) is 5.47. The van der Waals surface area contributed by atoms with E-state index in [2.05, 4.69) is 32.6 Å². The molecule has 0 atom stereocenters. The number of hydrogen-bond acceptors (Lipinski definition) is 1. The molecule has 0 aliphatic carbocycles. The van der Waals surface area contributed by atoms with Gasteiger partial charge in [0.2, 0.25) is 0 Å². The summed E-state index contributed by atoms with van der Waals surface area (Å²) in [6.45, 7) is 12.7. The summed E-state index contributed by atoms with van der Waals surface area (Å²) < 4.78 is 5.67. The third-order valence-corrected chi connectivity index (χ3v) is 4.08. The van der Waals surface area contributed by atoms with Crippen LogP contribution in [0.5, 0.6) is 0 Å². The number of benzene rings is 1. The van der Waals surface area contributed by atoms with Gasteiger partial charge >= 0.3 is 0 Å². The Labute approximate surface area is 94.5 Å². The second kappa shape index (κ2) is 5.47. The zero-order chi connectivity index (χ0) is 11.3. The van der Waals surface area contributed by atoms with Gasteiger partial charge in [-0.3, -0.25) is 0 Å². The summed E-state index contributed by atoms with van der Waals surface area (Å²) in [5, 5.41) is 0. The first-order valence-corrected chi connectivity index (χ1v) is 9.17. The molecular weight excluding hydrogens is 200 g/mol. The minimum atomic E-state index is -0.950. The summed E-state index contributed by atoms with van der Waals surface area (Å²) >= 11 is 0. The van der Waals surface area contributed by atoms with Gasteiger partial charge in [0.1, 0.15) is 0 Å². The molecule has 1 radical (unpaired) electrons. The number of rotatable bonds is 5. The summed E-state index contributed by atoms with van der Waals surface area (Å²) in [7, 11) is -0.950. The van der Waals surface area contributed by atoms with Crippen LogP contribution in [0.15, 0.2) is 24.3 Å². The summed E-state index contributed by atoms with van der Waals surface area (Å²) in [6, 6.07) is 9.38. The molecule has 83 valence electrons. The van der Waals surface area contributed by atoms with Gasteiger partial charge in [-0.1, -0.05) is 43.9 Å². The zero-order valence-corrected chi connectivity index (χ0v) is 11.0. The minimum Gasteiger partial charge on any atom is -0.377 e. The molecule has 0 aliphatic rings. The van der Waals surface area contributed by atoms with Crippen molar-refractivity contribution < 1.29 is 4.74 Å². The number of ether oxygens (including phenoxy) is 1. The fourth-order valence-corrected chi connectivity index (χ4v) is 2.02. The Balaban J connectivity index is 2.30. The van der Waals surface area contributed by atoms with Crippen LogP contribution >= 0.6 is 0 Å². The Morgan fingerprint density at radius 1 is 1.20 bits per heavy atom. The van der Waals surface area contributed by atoms with Crippen LogP contribution in [-0.4, -0.2) is 14.7 Å². The van der Waals surface area contributed by atoms with Crippen molar-refractivity contribution in [3.8, 4) is 0 Å². The molecule has 0 saturated carbocycles. The second-order valence-electron chi connectivity index (χ2n) is 5.13. The highest BCUT2D eigenvalue weighted by molar-refractivity contribution is 6.76. The predicted octanol–water partition coefficient (Wildman–Crippen LogP) is 3.72. The van der Waals surface area contributed by atoms with Gasteiger partial charge in [-0.2, -0.15) is 0 Å². The monoisotopic (exact) mass is 221 g/mol. The molecule has 0 N–H and O–H groups in total. The van der Waals surface area contributed by atoms with Crippen molar-refractivity contribution in [2.75, 3.05) is 6.61 Å². The molecule has 0 saturated heterocycles. The smallest absolute Gasteiger partial charge is 0.0719 e. The third-order valence-electron chi connectivity index (χ3n) is 2.37. The molecule has 0 unspecified atom stereocenters. The lowest BCUT2D eigenvalue weighted by molar-refractivity contribution is 0.133. The second-order valence-corrected chi connectivity index (χ2v) is 10.8. The fourth-order valence-electron chi connectivity index (χ4n) is 1.26. The van der Waals surface area contributed by atoms with Gasteiger partial charge in [0.05, 0.1) is 6.61 Å². The molecule has 2 heteroatoms. The van der Waals surface area contributed by atoms with E-state index >= 15 is 0 Å². The van der Waals surface area contributed by atoms with E-state index in [0.717, 1.165) is 12.2 Å². The van der Waals surface area contributed by atoms with Crippen molar-refractivity contribution in [2.45, 2.75) is 32.3 Å². The van der Waals surface area contributed by atoms with E-state index < -0.39 is 8.07 Å². The molecule has 0 fully saturated rings. The summed E-state index contributed by atoms with van der Waals surface area (Å²) in [4.78, 5) is 0. The highest BCUT2D eigenvalue weighted by Gasteiger charge is 2.11. The molecule has 1 aromatic carbocycles. The van der Waals surface area contributed by atoms with Crippen molar-refractivity contribution in [2.24, 2.45) is 0 Å². The molecule has 0 aliphatic heterocycles. The molecule has 0 spiro atoms. The standard InChI is InChI=1S/C13H21OSi/c1-12-7-5-6-8-13(12)11-14-9-10-15(2,3)4/h5-8H,1,9-11H2,2-4H3. The maximum atomic E-state index is 5.67. The van der Waals surface area contributed by atoms with Crippen LogP contribution in [0.4, 0.5) is 0 Å². The lowest BCUT2D eigenvalue weighted by atomic mass is 10.1. The van der Waals surface area contributed by atoms with Crippen LogP contribution < -0.4 is 0 Å². The predicted molar refractivity (Wildman–Crippen MR) is 68.7 cm³/mol. The van der Waals surface area contributed by atoms with Crippen molar-refractivity contribution >= 4 is 8.07 Å². The largest absolute Gasteiger partial charge is 0.377 e. The van der Waals surface area contributed by atoms with E-state index in [0.29, 0.717) is 6.61 Å². The van der Waals surface area contributed by atoms with Gasteiger partial charge in [0.25, 0.3) is 0 Å². The molecule has 0 bridgehead atoms. The minimum absolute atomic E-state index is 0.699. The summed E-state index contributed by atoms with van der Waals surface area (Å²) in [5.74, 6) is 0. The molecule has 1 aromatic rings. The van der Waals surface area contributed by atoms with Crippen LogP contribution in [0.25, 0.3) is 0 Å². The molecule has 15 heavy (non-hydrogen) atoms. The summed E-state index contributed by atoms with van der Waals surface area (Å²) in [5.41, 5.74) is 2.28.